The summed E-state index contributed by atoms with van der Waals surface area (Å²) in [5, 5.41) is 5.24. The van der Waals surface area contributed by atoms with Crippen LogP contribution in [0.1, 0.15) is 11.1 Å². The van der Waals surface area contributed by atoms with Crippen LogP contribution in [-0.4, -0.2) is 4.57 Å². The number of nitrogens with zero attached hydrogens (tertiary/aromatic N) is 2. The number of hydrogen-bond acceptors (Lipinski definition) is 0. The van der Waals surface area contributed by atoms with Crippen molar-refractivity contribution in [2.45, 2.75) is 13.8 Å². The van der Waals surface area contributed by atoms with E-state index in [0.717, 1.165) is 0 Å². The zero-order valence-electron chi connectivity index (χ0n) is 16.2. The van der Waals surface area contributed by atoms with Gasteiger partial charge in [0.15, 0.2) is 6.20 Å². The van der Waals surface area contributed by atoms with Crippen LogP contribution >= 0.6 is 0 Å². The van der Waals surface area contributed by atoms with E-state index in [1.165, 1.54) is 55.0 Å². The van der Waals surface area contributed by atoms with Crippen molar-refractivity contribution < 1.29 is 4.57 Å². The summed E-state index contributed by atoms with van der Waals surface area (Å²) in [5.74, 6) is 0. The summed E-state index contributed by atoms with van der Waals surface area (Å²) in [7, 11) is 4.35. The second-order valence-electron chi connectivity index (χ2n) is 7.59. The Morgan fingerprint density at radius 3 is 2.22 bits per heavy atom. The molecule has 5 aromatic rings. The van der Waals surface area contributed by atoms with Gasteiger partial charge >= 0.3 is 0 Å². The minimum atomic E-state index is 1.29. The molecule has 2 aromatic heterocycles. The molecule has 0 unspecified atom stereocenters. The van der Waals surface area contributed by atoms with E-state index in [0.29, 0.717) is 0 Å². The van der Waals surface area contributed by atoms with E-state index in [1.807, 2.05) is 0 Å². The quantitative estimate of drug-likeness (QED) is 0.348. The molecule has 0 aliphatic rings. The van der Waals surface area contributed by atoms with Gasteiger partial charge in [-0.1, -0.05) is 42.5 Å². The molecule has 2 heteroatoms. The lowest BCUT2D eigenvalue weighted by Crippen LogP contribution is -2.31. The third kappa shape index (κ3) is 2.23. The number of pyridine rings is 1. The molecular formula is C25H23N2+. The van der Waals surface area contributed by atoms with Gasteiger partial charge in [-0.3, -0.25) is 0 Å². The average molecular weight is 351 g/mol. The molecule has 0 amide bonds. The Kier molecular flexibility index (Phi) is 3.38. The third-order valence-electron chi connectivity index (χ3n) is 5.82. The fraction of sp³-hybridized carbons (Fsp3) is 0.160. The zero-order chi connectivity index (χ0) is 18.7. The number of aryl methyl sites for hydroxylation is 4. The van der Waals surface area contributed by atoms with Gasteiger partial charge in [0.2, 0.25) is 5.69 Å². The first-order chi connectivity index (χ1) is 13.1. The van der Waals surface area contributed by atoms with Crippen LogP contribution in [0.15, 0.2) is 66.9 Å². The number of hydrogen-bond donors (Lipinski definition) is 0. The van der Waals surface area contributed by atoms with E-state index < -0.39 is 0 Å². The topological polar surface area (TPSA) is 8.81 Å². The van der Waals surface area contributed by atoms with Crippen molar-refractivity contribution in [1.82, 2.24) is 4.57 Å². The smallest absolute Gasteiger partial charge is 0.222 e. The van der Waals surface area contributed by atoms with Gasteiger partial charge in [-0.25, -0.2) is 4.57 Å². The highest BCUT2D eigenvalue weighted by atomic mass is 15.0. The van der Waals surface area contributed by atoms with Crippen molar-refractivity contribution in [1.29, 1.82) is 0 Å². The van der Waals surface area contributed by atoms with Gasteiger partial charge < -0.3 is 4.57 Å². The highest BCUT2D eigenvalue weighted by Gasteiger charge is 2.24. The van der Waals surface area contributed by atoms with E-state index >= 15 is 0 Å². The fourth-order valence-electron chi connectivity index (χ4n) is 4.58. The van der Waals surface area contributed by atoms with E-state index in [9.17, 15) is 0 Å². The zero-order valence-corrected chi connectivity index (χ0v) is 16.2. The van der Waals surface area contributed by atoms with Crippen LogP contribution in [0.2, 0.25) is 0 Å². The summed E-state index contributed by atoms with van der Waals surface area (Å²) >= 11 is 0. The minimum absolute atomic E-state index is 1.29. The van der Waals surface area contributed by atoms with Gasteiger partial charge in [0, 0.05) is 29.1 Å². The molecule has 2 heterocycles. The summed E-state index contributed by atoms with van der Waals surface area (Å²) in [5.41, 5.74) is 7.79. The molecule has 0 bridgehead atoms. The third-order valence-corrected chi connectivity index (χ3v) is 5.82. The second-order valence-corrected chi connectivity index (χ2v) is 7.59. The van der Waals surface area contributed by atoms with Crippen LogP contribution in [0.4, 0.5) is 0 Å². The first kappa shape index (κ1) is 16.1. The van der Waals surface area contributed by atoms with Crippen LogP contribution in [0, 0.1) is 13.8 Å². The molecule has 132 valence electrons. The Balaban J connectivity index is 2.06. The van der Waals surface area contributed by atoms with Crippen molar-refractivity contribution >= 4 is 32.6 Å². The normalized spacial score (nSPS) is 11.7. The number of fused-ring (bicyclic) bond motifs is 4. The van der Waals surface area contributed by atoms with Crippen LogP contribution < -0.4 is 4.57 Å². The van der Waals surface area contributed by atoms with E-state index in [2.05, 4.69) is 104 Å². The lowest BCUT2D eigenvalue weighted by Gasteiger charge is -2.08. The van der Waals surface area contributed by atoms with Crippen LogP contribution in [0.5, 0.6) is 0 Å². The van der Waals surface area contributed by atoms with Gasteiger partial charge in [0.25, 0.3) is 0 Å². The predicted octanol–water partition coefficient (Wildman–Crippen LogP) is 5.59. The summed E-state index contributed by atoms with van der Waals surface area (Å²) in [6.07, 6.45) is 2.25. The Morgan fingerprint density at radius 2 is 1.48 bits per heavy atom. The first-order valence-corrected chi connectivity index (χ1v) is 9.42. The van der Waals surface area contributed by atoms with Crippen molar-refractivity contribution in [3.8, 4) is 11.3 Å². The monoisotopic (exact) mass is 351 g/mol. The number of rotatable bonds is 1. The van der Waals surface area contributed by atoms with Crippen molar-refractivity contribution in [2.24, 2.45) is 14.1 Å². The average Bonchev–Trinajstić information content (AvgIpc) is 2.94. The molecule has 5 rings (SSSR count). The molecular weight excluding hydrogens is 328 g/mol. The minimum Gasteiger partial charge on any atom is -0.343 e. The molecule has 0 radical (unpaired) electrons. The molecule has 0 aliphatic heterocycles. The summed E-state index contributed by atoms with van der Waals surface area (Å²) in [6.45, 7) is 4.41. The van der Waals surface area contributed by atoms with Crippen molar-refractivity contribution in [2.75, 3.05) is 0 Å². The molecule has 3 aromatic carbocycles. The van der Waals surface area contributed by atoms with Gasteiger partial charge in [0.1, 0.15) is 7.05 Å². The molecule has 0 saturated heterocycles. The Bertz CT molecular complexity index is 1360. The second kappa shape index (κ2) is 5.68. The van der Waals surface area contributed by atoms with E-state index in [-0.39, 0.29) is 0 Å². The van der Waals surface area contributed by atoms with Gasteiger partial charge in [-0.2, -0.15) is 0 Å². The Morgan fingerprint density at radius 1 is 0.815 bits per heavy atom. The molecule has 2 nitrogen and oxygen atoms in total. The van der Waals surface area contributed by atoms with Crippen molar-refractivity contribution in [3.05, 3.63) is 78.0 Å². The van der Waals surface area contributed by atoms with E-state index in [1.54, 1.807) is 0 Å². The van der Waals surface area contributed by atoms with Crippen LogP contribution in [0.3, 0.4) is 0 Å². The fourth-order valence-corrected chi connectivity index (χ4v) is 4.58. The number of aromatic nitrogens is 2. The van der Waals surface area contributed by atoms with E-state index in [4.69, 9.17) is 0 Å². The largest absolute Gasteiger partial charge is 0.343 e. The summed E-state index contributed by atoms with van der Waals surface area (Å²) < 4.78 is 4.64. The standard InChI is InChI=1S/C25H23N2/c1-16-9-5-8-12-20(16)25-23-21-13-18-10-6-7-11-19(18)14-22(21)27(4)24(23)17(2)15-26(25)3/h5-15H,1-4H3/q+1. The lowest BCUT2D eigenvalue weighted by atomic mass is 9.98. The molecule has 0 atom stereocenters. The SMILES string of the molecule is Cc1ccccc1-c1c2c3cc4ccccc4cc3n(C)c2c(C)c[n+]1C. The summed E-state index contributed by atoms with van der Waals surface area (Å²) in [6, 6.07) is 22.0. The molecule has 0 spiro atoms. The highest BCUT2D eigenvalue weighted by Crippen LogP contribution is 2.38. The van der Waals surface area contributed by atoms with Crippen molar-refractivity contribution in [3.63, 3.8) is 0 Å². The lowest BCUT2D eigenvalue weighted by molar-refractivity contribution is -0.659. The van der Waals surface area contributed by atoms with Crippen LogP contribution in [-0.2, 0) is 14.1 Å². The van der Waals surface area contributed by atoms with Gasteiger partial charge in [-0.05, 0) is 48.4 Å². The Hall–Kier alpha value is -3.13. The van der Waals surface area contributed by atoms with Crippen LogP contribution in [0.25, 0.3) is 43.8 Å². The molecule has 27 heavy (non-hydrogen) atoms. The van der Waals surface area contributed by atoms with Gasteiger partial charge in [-0.15, -0.1) is 0 Å². The molecule has 0 aliphatic carbocycles. The summed E-state index contributed by atoms with van der Waals surface area (Å²) in [4.78, 5) is 0. The number of benzene rings is 3. The molecule has 0 saturated carbocycles. The van der Waals surface area contributed by atoms with Gasteiger partial charge in [0.05, 0.1) is 10.9 Å². The predicted molar refractivity (Wildman–Crippen MR) is 114 cm³/mol. The first-order valence-electron chi connectivity index (χ1n) is 9.42. The highest BCUT2D eigenvalue weighted by molar-refractivity contribution is 6.17. The maximum absolute atomic E-state index is 2.36. The maximum Gasteiger partial charge on any atom is 0.222 e. The molecule has 0 fully saturated rings. The Labute approximate surface area is 159 Å². The molecule has 0 N–H and O–H groups in total. The maximum atomic E-state index is 2.36.